The van der Waals surface area contributed by atoms with Gasteiger partial charge in [0.25, 0.3) is 5.91 Å². The molecule has 1 unspecified atom stereocenters. The van der Waals surface area contributed by atoms with Crippen molar-refractivity contribution in [2.24, 2.45) is 0 Å². The van der Waals surface area contributed by atoms with E-state index >= 15 is 0 Å². The molecule has 0 radical (unpaired) electrons. The zero-order valence-corrected chi connectivity index (χ0v) is 21.9. The molecule has 0 spiro atoms. The fourth-order valence-electron chi connectivity index (χ4n) is 5.09. The number of unbranched alkanes of at least 4 members (excludes halogenated alkanes) is 6. The fourth-order valence-corrected chi connectivity index (χ4v) is 5.09. The molecular weight excluding hydrogens is 436 g/mol. The number of hydrogen-bond acceptors (Lipinski definition) is 3. The summed E-state index contributed by atoms with van der Waals surface area (Å²) in [6.07, 6.45) is 11.0. The number of aromatic nitrogens is 1. The smallest absolute Gasteiger partial charge is 0.256 e. The molecule has 0 aliphatic carbocycles. The van der Waals surface area contributed by atoms with Crippen molar-refractivity contribution in [3.63, 3.8) is 0 Å². The number of hydrogen-bond donors (Lipinski definition) is 4. The van der Waals surface area contributed by atoms with Crippen molar-refractivity contribution >= 4 is 29.2 Å². The van der Waals surface area contributed by atoms with E-state index in [0.717, 1.165) is 53.3 Å². The molecule has 1 aliphatic rings. The summed E-state index contributed by atoms with van der Waals surface area (Å²) in [5, 5.41) is 9.22. The molecule has 2 aromatic rings. The quantitative estimate of drug-likeness (QED) is 0.208. The lowest BCUT2D eigenvalue weighted by Gasteiger charge is -2.13. The zero-order chi connectivity index (χ0) is 25.2. The number of carbonyl (C=O) groups is 2. The van der Waals surface area contributed by atoms with Crippen LogP contribution in [0.1, 0.15) is 92.3 Å². The van der Waals surface area contributed by atoms with Gasteiger partial charge >= 0.3 is 0 Å². The maximum absolute atomic E-state index is 12.6. The topological polar surface area (TPSA) is 86.0 Å². The van der Waals surface area contributed by atoms with Crippen LogP contribution < -0.4 is 16.0 Å². The van der Waals surface area contributed by atoms with E-state index in [2.05, 4.69) is 34.8 Å². The molecule has 6 heteroatoms. The maximum atomic E-state index is 12.6. The summed E-state index contributed by atoms with van der Waals surface area (Å²) >= 11 is 0. The summed E-state index contributed by atoms with van der Waals surface area (Å²) in [5.41, 5.74) is 6.68. The Morgan fingerprint density at radius 1 is 1.00 bits per heavy atom. The Morgan fingerprint density at radius 3 is 2.37 bits per heavy atom. The van der Waals surface area contributed by atoms with Gasteiger partial charge in [-0.3, -0.25) is 9.59 Å². The van der Waals surface area contributed by atoms with Gasteiger partial charge in [-0.25, -0.2) is 0 Å². The predicted octanol–water partition coefficient (Wildman–Crippen LogP) is 5.68. The minimum atomic E-state index is -0.0828. The van der Waals surface area contributed by atoms with Crippen molar-refractivity contribution in [2.75, 3.05) is 25.5 Å². The molecule has 0 saturated carbocycles. The molecule has 6 nitrogen and oxygen atoms in total. The Balaban J connectivity index is 1.48. The highest BCUT2D eigenvalue weighted by molar-refractivity contribution is 6.34. The average Bonchev–Trinajstić information content (AvgIpc) is 3.29. The number of fused-ring (bicyclic) bond motifs is 1. The summed E-state index contributed by atoms with van der Waals surface area (Å²) in [5.74, 6) is 0.120. The fraction of sp³-hybridized carbons (Fsp3) is 0.517. The van der Waals surface area contributed by atoms with Gasteiger partial charge in [-0.15, -0.1) is 0 Å². The van der Waals surface area contributed by atoms with Gasteiger partial charge in [0.2, 0.25) is 5.91 Å². The third-order valence-corrected chi connectivity index (χ3v) is 6.94. The molecule has 1 aliphatic heterocycles. The standard InChI is InChI=1S/C29H42N4O2/c1-20(18-27(34)31-17-13-9-7-5-6-8-12-16-30-4)28-21(2)26(32-22(28)3)19-24-23-14-10-11-15-25(23)33-29(24)35/h10-11,14-15,19-20,30,32H,5-9,12-13,16-18H2,1-4H3,(H,31,34)(H,33,35). The van der Waals surface area contributed by atoms with E-state index in [1.165, 1.54) is 38.5 Å². The van der Waals surface area contributed by atoms with Crippen molar-refractivity contribution in [1.82, 2.24) is 15.6 Å². The SMILES string of the molecule is CNCCCCCCCCCNC(=O)CC(C)c1c(C)[nH]c(C=C2C(=O)Nc3ccccc32)c1C. The molecular formula is C29H42N4O2. The number of benzene rings is 1. The first-order valence-electron chi connectivity index (χ1n) is 13.1. The number of carbonyl (C=O) groups excluding carboxylic acids is 2. The van der Waals surface area contributed by atoms with Gasteiger partial charge in [-0.1, -0.05) is 57.2 Å². The van der Waals surface area contributed by atoms with Gasteiger partial charge in [-0.2, -0.15) is 0 Å². The number of aryl methyl sites for hydroxylation is 1. The second-order valence-electron chi connectivity index (χ2n) is 9.79. The van der Waals surface area contributed by atoms with E-state index < -0.39 is 0 Å². The van der Waals surface area contributed by atoms with Crippen molar-refractivity contribution in [3.05, 3.63) is 52.3 Å². The number of aromatic amines is 1. The minimum absolute atomic E-state index is 0.0828. The molecule has 2 amide bonds. The molecule has 1 atom stereocenters. The largest absolute Gasteiger partial charge is 0.359 e. The second-order valence-corrected chi connectivity index (χ2v) is 9.79. The molecule has 1 aromatic heterocycles. The number of nitrogens with one attached hydrogen (secondary N) is 4. The van der Waals surface area contributed by atoms with Crippen LogP contribution in [0.2, 0.25) is 0 Å². The third kappa shape index (κ3) is 7.31. The summed E-state index contributed by atoms with van der Waals surface area (Å²) in [6.45, 7) is 8.07. The number of amides is 2. The first-order valence-corrected chi connectivity index (χ1v) is 13.1. The van der Waals surface area contributed by atoms with Gasteiger partial charge in [0.05, 0.1) is 5.57 Å². The zero-order valence-electron chi connectivity index (χ0n) is 21.9. The van der Waals surface area contributed by atoms with Crippen molar-refractivity contribution < 1.29 is 9.59 Å². The van der Waals surface area contributed by atoms with Gasteiger partial charge in [0, 0.05) is 35.6 Å². The van der Waals surface area contributed by atoms with Crippen molar-refractivity contribution in [2.45, 2.75) is 78.1 Å². The highest BCUT2D eigenvalue weighted by atomic mass is 16.2. The lowest BCUT2D eigenvalue weighted by atomic mass is 9.93. The van der Waals surface area contributed by atoms with Crippen LogP contribution >= 0.6 is 0 Å². The minimum Gasteiger partial charge on any atom is -0.359 e. The summed E-state index contributed by atoms with van der Waals surface area (Å²) in [7, 11) is 2.00. The number of para-hydroxylation sites is 1. The van der Waals surface area contributed by atoms with E-state index in [4.69, 9.17) is 0 Å². The molecule has 35 heavy (non-hydrogen) atoms. The number of H-pyrrole nitrogens is 1. The van der Waals surface area contributed by atoms with Crippen LogP contribution in [0, 0.1) is 13.8 Å². The molecule has 2 heterocycles. The van der Waals surface area contributed by atoms with E-state index in [1.807, 2.05) is 44.3 Å². The van der Waals surface area contributed by atoms with E-state index in [0.29, 0.717) is 12.0 Å². The average molecular weight is 479 g/mol. The van der Waals surface area contributed by atoms with Gasteiger partial charge in [-0.05, 0) is 69.5 Å². The number of rotatable bonds is 14. The van der Waals surface area contributed by atoms with Crippen LogP contribution in [0.5, 0.6) is 0 Å². The summed E-state index contributed by atoms with van der Waals surface area (Å²) in [6, 6.07) is 7.74. The summed E-state index contributed by atoms with van der Waals surface area (Å²) < 4.78 is 0. The Labute approximate surface area is 210 Å². The van der Waals surface area contributed by atoms with Crippen molar-refractivity contribution in [1.29, 1.82) is 0 Å². The van der Waals surface area contributed by atoms with Crippen LogP contribution in [0.4, 0.5) is 5.69 Å². The third-order valence-electron chi connectivity index (χ3n) is 6.94. The lowest BCUT2D eigenvalue weighted by molar-refractivity contribution is -0.121. The molecule has 1 aromatic carbocycles. The number of anilines is 1. The van der Waals surface area contributed by atoms with Crippen LogP contribution in [0.15, 0.2) is 24.3 Å². The molecule has 0 bridgehead atoms. The Kier molecular flexibility index (Phi) is 10.2. The lowest BCUT2D eigenvalue weighted by Crippen LogP contribution is -2.25. The first-order chi connectivity index (χ1) is 16.9. The normalized spacial score (nSPS) is 14.7. The monoisotopic (exact) mass is 478 g/mol. The van der Waals surface area contributed by atoms with Crippen molar-refractivity contribution in [3.8, 4) is 0 Å². The van der Waals surface area contributed by atoms with Crippen LogP contribution in [0.3, 0.4) is 0 Å². The van der Waals surface area contributed by atoms with E-state index in [-0.39, 0.29) is 17.7 Å². The van der Waals surface area contributed by atoms with Crippen LogP contribution in [0.25, 0.3) is 11.6 Å². The van der Waals surface area contributed by atoms with Gasteiger partial charge in [0.1, 0.15) is 0 Å². The Bertz CT molecular complexity index is 1040. The highest BCUT2D eigenvalue weighted by Crippen LogP contribution is 2.35. The van der Waals surface area contributed by atoms with Crippen LogP contribution in [-0.4, -0.2) is 36.9 Å². The Hall–Kier alpha value is -2.86. The molecule has 3 rings (SSSR count). The van der Waals surface area contributed by atoms with Gasteiger partial charge in [0.15, 0.2) is 0 Å². The summed E-state index contributed by atoms with van der Waals surface area (Å²) in [4.78, 5) is 28.5. The molecule has 0 saturated heterocycles. The Morgan fingerprint density at radius 2 is 1.66 bits per heavy atom. The van der Waals surface area contributed by atoms with Crippen LogP contribution in [-0.2, 0) is 9.59 Å². The molecule has 190 valence electrons. The van der Waals surface area contributed by atoms with Gasteiger partial charge < -0.3 is 20.9 Å². The molecule has 0 fully saturated rings. The maximum Gasteiger partial charge on any atom is 0.256 e. The van der Waals surface area contributed by atoms with E-state index in [9.17, 15) is 9.59 Å². The predicted molar refractivity (Wildman–Crippen MR) is 145 cm³/mol. The second kappa shape index (κ2) is 13.3. The highest BCUT2D eigenvalue weighted by Gasteiger charge is 2.25. The molecule has 4 N–H and O–H groups in total. The van der Waals surface area contributed by atoms with E-state index in [1.54, 1.807) is 0 Å². The first kappa shape index (κ1) is 26.7.